The Hall–Kier alpha value is -1.85. The molecule has 0 aliphatic carbocycles. The molecule has 2 heteroatoms. The van der Waals surface area contributed by atoms with Crippen molar-refractivity contribution in [2.24, 2.45) is 0 Å². The fraction of sp³-hybridized carbons (Fsp3) is 0.0625. The van der Waals surface area contributed by atoms with Gasteiger partial charge in [-0.2, -0.15) is 5.26 Å². The first kappa shape index (κ1) is 12.6. The topological polar surface area (TPSA) is 23.8 Å². The van der Waals surface area contributed by atoms with Crippen LogP contribution >= 0.6 is 15.9 Å². The molecule has 1 nitrogen and oxygen atoms in total. The maximum atomic E-state index is 8.95. The molecule has 2 aromatic carbocycles. The van der Waals surface area contributed by atoms with Gasteiger partial charge in [0, 0.05) is 11.4 Å². The summed E-state index contributed by atoms with van der Waals surface area (Å²) in [5.41, 5.74) is 4.29. The fourth-order valence-corrected chi connectivity index (χ4v) is 2.19. The molecule has 0 radical (unpaired) electrons. The smallest absolute Gasteiger partial charge is 0.0918 e. The molecule has 0 atom stereocenters. The summed E-state index contributed by atoms with van der Waals surface area (Å²) >= 11 is 3.45. The highest BCUT2D eigenvalue weighted by Gasteiger charge is 2.05. The summed E-state index contributed by atoms with van der Waals surface area (Å²) < 4.78 is 0. The maximum Gasteiger partial charge on any atom is 0.0918 e. The Bertz CT molecular complexity index is 594. The number of hydrogen-bond donors (Lipinski definition) is 0. The summed E-state index contributed by atoms with van der Waals surface area (Å²) in [7, 11) is 0. The Morgan fingerprint density at radius 2 is 1.78 bits per heavy atom. The first-order valence-electron chi connectivity index (χ1n) is 5.65. The van der Waals surface area contributed by atoms with E-state index in [-0.39, 0.29) is 0 Å². The minimum atomic E-state index is 0.815. The minimum Gasteiger partial charge on any atom is -0.193 e. The number of alkyl halides is 1. The van der Waals surface area contributed by atoms with Crippen LogP contribution in [0.25, 0.3) is 5.57 Å². The van der Waals surface area contributed by atoms with Gasteiger partial charge in [-0.25, -0.2) is 0 Å². The van der Waals surface area contributed by atoms with Gasteiger partial charge in [0.05, 0.1) is 6.07 Å². The largest absolute Gasteiger partial charge is 0.193 e. The lowest BCUT2D eigenvalue weighted by Gasteiger charge is -2.08. The fourth-order valence-electron chi connectivity index (χ4n) is 1.84. The average Bonchev–Trinajstić information content (AvgIpc) is 2.46. The second-order valence-corrected chi connectivity index (χ2v) is 4.45. The molecule has 88 valence electrons. The molecule has 2 aromatic rings. The number of nitriles is 1. The predicted molar refractivity (Wildman–Crippen MR) is 78.2 cm³/mol. The predicted octanol–water partition coefficient (Wildman–Crippen LogP) is 4.54. The van der Waals surface area contributed by atoms with Gasteiger partial charge >= 0.3 is 0 Å². The summed E-state index contributed by atoms with van der Waals surface area (Å²) in [6, 6.07) is 20.3. The quantitative estimate of drug-likeness (QED) is 0.603. The molecule has 0 unspecified atom stereocenters. The Morgan fingerprint density at radius 1 is 1.06 bits per heavy atom. The van der Waals surface area contributed by atoms with E-state index in [1.54, 1.807) is 6.08 Å². The van der Waals surface area contributed by atoms with Crippen molar-refractivity contribution in [2.75, 3.05) is 0 Å². The van der Waals surface area contributed by atoms with Crippen LogP contribution in [0.1, 0.15) is 16.7 Å². The van der Waals surface area contributed by atoms with Crippen LogP contribution in [0.15, 0.2) is 60.7 Å². The zero-order chi connectivity index (χ0) is 12.8. The number of allylic oxidation sites excluding steroid dienone is 1. The van der Waals surface area contributed by atoms with Crippen molar-refractivity contribution >= 4 is 21.5 Å². The van der Waals surface area contributed by atoms with Gasteiger partial charge < -0.3 is 0 Å². The number of benzene rings is 2. The van der Waals surface area contributed by atoms with Crippen LogP contribution in [-0.2, 0) is 5.33 Å². The van der Waals surface area contributed by atoms with Crippen molar-refractivity contribution in [2.45, 2.75) is 5.33 Å². The van der Waals surface area contributed by atoms with E-state index in [2.05, 4.69) is 34.1 Å². The number of halogens is 1. The van der Waals surface area contributed by atoms with E-state index in [1.165, 1.54) is 5.56 Å². The molecule has 0 aliphatic rings. The Kier molecular flexibility index (Phi) is 4.33. The Labute approximate surface area is 116 Å². The van der Waals surface area contributed by atoms with Gasteiger partial charge in [-0.05, 0) is 22.3 Å². The lowest BCUT2D eigenvalue weighted by molar-refractivity contribution is 1.41. The maximum absolute atomic E-state index is 8.95. The highest BCUT2D eigenvalue weighted by Crippen LogP contribution is 2.24. The van der Waals surface area contributed by atoms with Crippen LogP contribution in [-0.4, -0.2) is 0 Å². The summed E-state index contributed by atoms with van der Waals surface area (Å²) in [5.74, 6) is 0. The van der Waals surface area contributed by atoms with Crippen molar-refractivity contribution in [3.8, 4) is 6.07 Å². The minimum absolute atomic E-state index is 0.815. The molecule has 0 amide bonds. The number of rotatable bonds is 3. The number of nitrogens with zero attached hydrogens (tertiary/aromatic N) is 1. The van der Waals surface area contributed by atoms with Gasteiger partial charge in [0.1, 0.15) is 0 Å². The molecule has 0 spiro atoms. The normalized spacial score (nSPS) is 11.0. The molecule has 0 aromatic heterocycles. The Morgan fingerprint density at radius 3 is 2.44 bits per heavy atom. The van der Waals surface area contributed by atoms with E-state index < -0.39 is 0 Å². The molecule has 18 heavy (non-hydrogen) atoms. The Balaban J connectivity index is 2.50. The standard InChI is InChI=1S/C16H12BrN/c17-12-13-5-4-8-15(11-13)16(9-10-18)14-6-2-1-3-7-14/h1-9,11H,12H2/b16-9+. The van der Waals surface area contributed by atoms with Crippen molar-refractivity contribution in [3.05, 3.63) is 77.4 Å². The van der Waals surface area contributed by atoms with Crippen LogP contribution in [0.5, 0.6) is 0 Å². The van der Waals surface area contributed by atoms with E-state index in [0.29, 0.717) is 0 Å². The van der Waals surface area contributed by atoms with E-state index >= 15 is 0 Å². The highest BCUT2D eigenvalue weighted by molar-refractivity contribution is 9.08. The van der Waals surface area contributed by atoms with Gasteiger partial charge in [0.15, 0.2) is 0 Å². The van der Waals surface area contributed by atoms with E-state index in [9.17, 15) is 0 Å². The average molecular weight is 298 g/mol. The molecule has 0 saturated heterocycles. The van der Waals surface area contributed by atoms with Gasteiger partial charge in [0.2, 0.25) is 0 Å². The van der Waals surface area contributed by atoms with E-state index in [0.717, 1.165) is 22.0 Å². The van der Waals surface area contributed by atoms with E-state index in [1.807, 2.05) is 42.5 Å². The van der Waals surface area contributed by atoms with Crippen molar-refractivity contribution in [1.82, 2.24) is 0 Å². The SMILES string of the molecule is N#C/C=C(\c1ccccc1)c1cccc(CBr)c1. The molecule has 0 saturated carbocycles. The zero-order valence-corrected chi connectivity index (χ0v) is 11.4. The van der Waals surface area contributed by atoms with Crippen LogP contribution in [0.4, 0.5) is 0 Å². The van der Waals surface area contributed by atoms with Crippen molar-refractivity contribution < 1.29 is 0 Å². The lowest BCUT2D eigenvalue weighted by atomic mass is 9.96. The highest BCUT2D eigenvalue weighted by atomic mass is 79.9. The lowest BCUT2D eigenvalue weighted by Crippen LogP contribution is -1.89. The zero-order valence-electron chi connectivity index (χ0n) is 9.81. The second-order valence-electron chi connectivity index (χ2n) is 3.89. The third kappa shape index (κ3) is 2.88. The molecular weight excluding hydrogens is 286 g/mol. The third-order valence-electron chi connectivity index (χ3n) is 2.69. The molecular formula is C16H12BrN. The summed E-state index contributed by atoms with van der Waals surface area (Å²) in [6.07, 6.45) is 1.60. The van der Waals surface area contributed by atoms with Gasteiger partial charge in [0.25, 0.3) is 0 Å². The van der Waals surface area contributed by atoms with Crippen LogP contribution < -0.4 is 0 Å². The van der Waals surface area contributed by atoms with Crippen LogP contribution in [0, 0.1) is 11.3 Å². The molecule has 0 heterocycles. The molecule has 0 bridgehead atoms. The van der Waals surface area contributed by atoms with Crippen molar-refractivity contribution in [1.29, 1.82) is 5.26 Å². The van der Waals surface area contributed by atoms with Gasteiger partial charge in [-0.1, -0.05) is 70.5 Å². The number of hydrogen-bond acceptors (Lipinski definition) is 1. The summed E-state index contributed by atoms with van der Waals surface area (Å²) in [6.45, 7) is 0. The van der Waals surface area contributed by atoms with Gasteiger partial charge in [-0.15, -0.1) is 0 Å². The molecule has 0 aliphatic heterocycles. The molecule has 2 rings (SSSR count). The summed E-state index contributed by atoms with van der Waals surface area (Å²) in [5, 5.41) is 9.77. The first-order valence-corrected chi connectivity index (χ1v) is 6.78. The molecule has 0 fully saturated rings. The monoisotopic (exact) mass is 297 g/mol. The van der Waals surface area contributed by atoms with Gasteiger partial charge in [-0.3, -0.25) is 0 Å². The second kappa shape index (κ2) is 6.18. The third-order valence-corrected chi connectivity index (χ3v) is 3.33. The van der Waals surface area contributed by atoms with Crippen molar-refractivity contribution in [3.63, 3.8) is 0 Å². The van der Waals surface area contributed by atoms with E-state index in [4.69, 9.17) is 5.26 Å². The van der Waals surface area contributed by atoms with Crippen LogP contribution in [0.3, 0.4) is 0 Å². The molecule has 0 N–H and O–H groups in total. The summed E-state index contributed by atoms with van der Waals surface area (Å²) in [4.78, 5) is 0. The van der Waals surface area contributed by atoms with Crippen LogP contribution in [0.2, 0.25) is 0 Å². The first-order chi connectivity index (χ1) is 8.85.